The molecule has 104 valence electrons. The van der Waals surface area contributed by atoms with Crippen LogP contribution in [0.2, 0.25) is 5.02 Å². The van der Waals surface area contributed by atoms with Crippen molar-refractivity contribution in [2.75, 3.05) is 6.61 Å². The van der Waals surface area contributed by atoms with E-state index in [9.17, 15) is 13.9 Å². The Labute approximate surface area is 119 Å². The van der Waals surface area contributed by atoms with Gasteiger partial charge in [0.25, 0.3) is 0 Å². The summed E-state index contributed by atoms with van der Waals surface area (Å²) in [6, 6.07) is 7.06. The number of hydrogen-bond donors (Lipinski definition) is 1. The van der Waals surface area contributed by atoms with Gasteiger partial charge in [0.1, 0.15) is 23.5 Å². The van der Waals surface area contributed by atoms with Gasteiger partial charge in [-0.25, -0.2) is 8.78 Å². The Hall–Kier alpha value is -1.65. The van der Waals surface area contributed by atoms with Crippen LogP contribution in [0.25, 0.3) is 0 Å². The SMILES string of the molecule is OC(c1cc(F)c(Cl)cc1F)c1cccc2c1OCC2. The maximum Gasteiger partial charge on any atom is 0.142 e. The third-order valence-corrected chi connectivity index (χ3v) is 3.66. The van der Waals surface area contributed by atoms with E-state index in [-0.39, 0.29) is 10.6 Å². The highest BCUT2D eigenvalue weighted by Crippen LogP contribution is 2.37. The molecule has 5 heteroatoms. The number of aliphatic hydroxyl groups is 1. The molecule has 0 amide bonds. The van der Waals surface area contributed by atoms with Gasteiger partial charge < -0.3 is 9.84 Å². The van der Waals surface area contributed by atoms with Gasteiger partial charge in [-0.05, 0) is 17.7 Å². The number of rotatable bonds is 2. The Morgan fingerprint density at radius 2 is 1.95 bits per heavy atom. The lowest BCUT2D eigenvalue weighted by atomic mass is 9.98. The number of benzene rings is 2. The van der Waals surface area contributed by atoms with Crippen molar-refractivity contribution in [3.63, 3.8) is 0 Å². The highest BCUT2D eigenvalue weighted by molar-refractivity contribution is 6.30. The molecule has 1 atom stereocenters. The molecule has 3 rings (SSSR count). The van der Waals surface area contributed by atoms with E-state index < -0.39 is 17.7 Å². The molecule has 1 heterocycles. The minimum atomic E-state index is -1.30. The van der Waals surface area contributed by atoms with Gasteiger partial charge >= 0.3 is 0 Å². The fraction of sp³-hybridized carbons (Fsp3) is 0.200. The van der Waals surface area contributed by atoms with E-state index >= 15 is 0 Å². The second kappa shape index (κ2) is 5.04. The molecule has 1 N–H and O–H groups in total. The number of hydrogen-bond acceptors (Lipinski definition) is 2. The molecule has 1 aliphatic rings. The second-order valence-electron chi connectivity index (χ2n) is 4.62. The van der Waals surface area contributed by atoms with Crippen molar-refractivity contribution in [2.24, 2.45) is 0 Å². The number of ether oxygens (including phenoxy) is 1. The van der Waals surface area contributed by atoms with Crippen LogP contribution >= 0.6 is 11.6 Å². The first kappa shape index (κ1) is 13.3. The predicted molar refractivity (Wildman–Crippen MR) is 71.1 cm³/mol. The molecule has 1 aliphatic heterocycles. The molecule has 0 aromatic heterocycles. The minimum Gasteiger partial charge on any atom is -0.493 e. The van der Waals surface area contributed by atoms with E-state index in [1.54, 1.807) is 12.1 Å². The lowest BCUT2D eigenvalue weighted by Gasteiger charge is -2.16. The Morgan fingerprint density at radius 1 is 1.15 bits per heavy atom. The standard InChI is InChI=1S/C15H11ClF2O2/c16-11-7-12(17)10(6-13(11)18)14(19)9-3-1-2-8-4-5-20-15(8)9/h1-3,6-7,14,19H,4-5H2. The first-order valence-corrected chi connectivity index (χ1v) is 6.53. The minimum absolute atomic E-state index is 0.157. The second-order valence-corrected chi connectivity index (χ2v) is 5.03. The molecule has 2 aromatic carbocycles. The Kier molecular flexibility index (Phi) is 3.36. The van der Waals surface area contributed by atoms with Crippen LogP contribution in [-0.4, -0.2) is 11.7 Å². The molecule has 20 heavy (non-hydrogen) atoms. The predicted octanol–water partition coefficient (Wildman–Crippen LogP) is 3.63. The normalized spacial score (nSPS) is 14.8. The van der Waals surface area contributed by atoms with Crippen molar-refractivity contribution in [3.8, 4) is 5.75 Å². The zero-order valence-corrected chi connectivity index (χ0v) is 11.1. The van der Waals surface area contributed by atoms with E-state index in [2.05, 4.69) is 0 Å². The highest BCUT2D eigenvalue weighted by Gasteiger charge is 2.24. The topological polar surface area (TPSA) is 29.5 Å². The van der Waals surface area contributed by atoms with Gasteiger partial charge in [0.15, 0.2) is 0 Å². The fourth-order valence-corrected chi connectivity index (χ4v) is 2.52. The first-order valence-electron chi connectivity index (χ1n) is 6.15. The molecular formula is C15H11ClF2O2. The summed E-state index contributed by atoms with van der Waals surface area (Å²) < 4.78 is 32.8. The smallest absolute Gasteiger partial charge is 0.142 e. The molecule has 1 unspecified atom stereocenters. The van der Waals surface area contributed by atoms with Crippen LogP contribution in [-0.2, 0) is 6.42 Å². The van der Waals surface area contributed by atoms with Crippen LogP contribution < -0.4 is 4.74 Å². The lowest BCUT2D eigenvalue weighted by Crippen LogP contribution is -2.05. The van der Waals surface area contributed by atoms with Gasteiger partial charge in [-0.2, -0.15) is 0 Å². The number of aliphatic hydroxyl groups excluding tert-OH is 1. The summed E-state index contributed by atoms with van der Waals surface area (Å²) in [7, 11) is 0. The van der Waals surface area contributed by atoms with Crippen molar-refractivity contribution >= 4 is 11.6 Å². The van der Waals surface area contributed by atoms with Crippen molar-refractivity contribution < 1.29 is 18.6 Å². The van der Waals surface area contributed by atoms with E-state index in [0.717, 1.165) is 24.1 Å². The lowest BCUT2D eigenvalue weighted by molar-refractivity contribution is 0.208. The van der Waals surface area contributed by atoms with Crippen LogP contribution in [0.3, 0.4) is 0 Å². The fourth-order valence-electron chi connectivity index (χ4n) is 2.37. The largest absolute Gasteiger partial charge is 0.493 e. The molecule has 0 spiro atoms. The maximum atomic E-state index is 13.9. The molecule has 0 bridgehead atoms. The van der Waals surface area contributed by atoms with Gasteiger partial charge in [-0.1, -0.05) is 29.8 Å². The monoisotopic (exact) mass is 296 g/mol. The Balaban J connectivity index is 2.08. The summed E-state index contributed by atoms with van der Waals surface area (Å²) in [4.78, 5) is 0. The highest BCUT2D eigenvalue weighted by atomic mass is 35.5. The first-order chi connectivity index (χ1) is 9.58. The van der Waals surface area contributed by atoms with E-state index in [4.69, 9.17) is 16.3 Å². The van der Waals surface area contributed by atoms with Crippen LogP contribution in [0, 0.1) is 11.6 Å². The quantitative estimate of drug-likeness (QED) is 0.858. The Morgan fingerprint density at radius 3 is 2.75 bits per heavy atom. The summed E-state index contributed by atoms with van der Waals surface area (Å²) in [6.45, 7) is 0.524. The molecule has 2 nitrogen and oxygen atoms in total. The number of fused-ring (bicyclic) bond motifs is 1. The zero-order chi connectivity index (χ0) is 14.3. The van der Waals surface area contributed by atoms with Gasteiger partial charge in [0.2, 0.25) is 0 Å². The van der Waals surface area contributed by atoms with E-state index in [1.807, 2.05) is 6.07 Å². The molecule has 0 aliphatic carbocycles. The van der Waals surface area contributed by atoms with E-state index in [0.29, 0.717) is 17.9 Å². The number of para-hydroxylation sites is 1. The average molecular weight is 297 g/mol. The molecular weight excluding hydrogens is 286 g/mol. The zero-order valence-electron chi connectivity index (χ0n) is 10.4. The molecule has 0 radical (unpaired) electrons. The van der Waals surface area contributed by atoms with Crippen molar-refractivity contribution in [1.82, 2.24) is 0 Å². The third-order valence-electron chi connectivity index (χ3n) is 3.37. The molecule has 0 saturated carbocycles. The van der Waals surface area contributed by atoms with Gasteiger partial charge in [-0.3, -0.25) is 0 Å². The van der Waals surface area contributed by atoms with Crippen LogP contribution in [0.15, 0.2) is 30.3 Å². The van der Waals surface area contributed by atoms with E-state index in [1.165, 1.54) is 0 Å². The Bertz CT molecular complexity index is 673. The van der Waals surface area contributed by atoms with Crippen LogP contribution in [0.4, 0.5) is 8.78 Å². The molecule has 2 aromatic rings. The van der Waals surface area contributed by atoms with Crippen molar-refractivity contribution in [3.05, 3.63) is 63.7 Å². The summed E-state index contributed by atoms with van der Waals surface area (Å²) in [5.74, 6) is -0.968. The summed E-state index contributed by atoms with van der Waals surface area (Å²) in [5.41, 5.74) is 1.23. The van der Waals surface area contributed by atoms with Crippen molar-refractivity contribution in [1.29, 1.82) is 0 Å². The van der Waals surface area contributed by atoms with Crippen LogP contribution in [0.1, 0.15) is 22.8 Å². The van der Waals surface area contributed by atoms with Crippen LogP contribution in [0.5, 0.6) is 5.75 Å². The summed E-state index contributed by atoms with van der Waals surface area (Å²) in [5, 5.41) is 10.0. The summed E-state index contributed by atoms with van der Waals surface area (Å²) in [6.07, 6.45) is -0.553. The molecule has 0 saturated heterocycles. The third kappa shape index (κ3) is 2.15. The van der Waals surface area contributed by atoms with Gasteiger partial charge in [0, 0.05) is 17.5 Å². The average Bonchev–Trinajstić information content (AvgIpc) is 2.90. The maximum absolute atomic E-state index is 13.9. The van der Waals surface area contributed by atoms with Crippen molar-refractivity contribution in [2.45, 2.75) is 12.5 Å². The number of halogens is 3. The molecule has 0 fully saturated rings. The summed E-state index contributed by atoms with van der Waals surface area (Å²) >= 11 is 5.51. The van der Waals surface area contributed by atoms with Gasteiger partial charge in [-0.15, -0.1) is 0 Å². The van der Waals surface area contributed by atoms with Gasteiger partial charge in [0.05, 0.1) is 11.6 Å².